The Kier molecular flexibility index (Phi) is 7.01. The van der Waals surface area contributed by atoms with Crippen LogP contribution in [0.4, 0.5) is 0 Å². The fourth-order valence-corrected chi connectivity index (χ4v) is 2.28. The van der Waals surface area contributed by atoms with Gasteiger partial charge < -0.3 is 15.1 Å². The topological polar surface area (TPSA) is 18.5 Å². The maximum Gasteiger partial charge on any atom is 0.0110 e. The van der Waals surface area contributed by atoms with Crippen molar-refractivity contribution >= 4 is 0 Å². The number of nitrogens with zero attached hydrogens (tertiary/aromatic N) is 2. The van der Waals surface area contributed by atoms with E-state index in [0.717, 1.165) is 12.6 Å². The Hall–Kier alpha value is -0.120. The summed E-state index contributed by atoms with van der Waals surface area (Å²) in [5.74, 6) is 0. The van der Waals surface area contributed by atoms with Crippen molar-refractivity contribution in [3.63, 3.8) is 0 Å². The van der Waals surface area contributed by atoms with Crippen LogP contribution in [0.15, 0.2) is 0 Å². The van der Waals surface area contributed by atoms with E-state index in [1.165, 1.54) is 52.0 Å². The van der Waals surface area contributed by atoms with Gasteiger partial charge in [0, 0.05) is 32.2 Å². The molecule has 1 aliphatic rings. The van der Waals surface area contributed by atoms with Crippen LogP contribution in [0, 0.1) is 0 Å². The van der Waals surface area contributed by atoms with E-state index in [4.69, 9.17) is 0 Å². The Bertz CT molecular complexity index is 165. The molecular weight excluding hydrogens is 198 g/mol. The summed E-state index contributed by atoms with van der Waals surface area (Å²) < 4.78 is 0. The molecule has 1 N–H and O–H groups in total. The van der Waals surface area contributed by atoms with Gasteiger partial charge in [0.25, 0.3) is 0 Å². The van der Waals surface area contributed by atoms with Crippen LogP contribution >= 0.6 is 0 Å². The summed E-state index contributed by atoms with van der Waals surface area (Å²) in [4.78, 5) is 5.09. The molecule has 0 aromatic heterocycles. The summed E-state index contributed by atoms with van der Waals surface area (Å²) in [5.41, 5.74) is 0. The van der Waals surface area contributed by atoms with E-state index in [1.807, 2.05) is 0 Å². The molecule has 1 aliphatic heterocycles. The average Bonchev–Trinajstić information content (AvgIpc) is 2.54. The van der Waals surface area contributed by atoms with Gasteiger partial charge in [-0.2, -0.15) is 0 Å². The molecule has 1 rings (SSSR count). The van der Waals surface area contributed by atoms with Gasteiger partial charge in [0.05, 0.1) is 0 Å². The van der Waals surface area contributed by atoms with E-state index < -0.39 is 0 Å². The summed E-state index contributed by atoms with van der Waals surface area (Å²) >= 11 is 0. The fraction of sp³-hybridized carbons (Fsp3) is 1.00. The van der Waals surface area contributed by atoms with Gasteiger partial charge in [-0.25, -0.2) is 0 Å². The zero-order chi connectivity index (χ0) is 11.8. The zero-order valence-corrected chi connectivity index (χ0v) is 11.3. The SMILES string of the molecule is CCCC(C)N(C)CCN1CCCNCC1. The second kappa shape index (κ2) is 8.04. The lowest BCUT2D eigenvalue weighted by molar-refractivity contribution is 0.195. The monoisotopic (exact) mass is 227 g/mol. The Morgan fingerprint density at radius 3 is 2.88 bits per heavy atom. The smallest absolute Gasteiger partial charge is 0.0110 e. The first-order valence-electron chi connectivity index (χ1n) is 6.87. The molecule has 1 unspecified atom stereocenters. The second-order valence-corrected chi connectivity index (χ2v) is 5.06. The maximum absolute atomic E-state index is 3.45. The third-order valence-corrected chi connectivity index (χ3v) is 3.66. The summed E-state index contributed by atoms with van der Waals surface area (Å²) in [7, 11) is 2.26. The van der Waals surface area contributed by atoms with Crippen molar-refractivity contribution in [1.29, 1.82) is 0 Å². The number of hydrogen-bond donors (Lipinski definition) is 1. The van der Waals surface area contributed by atoms with Crippen molar-refractivity contribution in [2.45, 2.75) is 39.2 Å². The van der Waals surface area contributed by atoms with Gasteiger partial charge in [-0.15, -0.1) is 0 Å². The first-order chi connectivity index (χ1) is 7.74. The van der Waals surface area contributed by atoms with E-state index in [2.05, 4.69) is 36.0 Å². The molecule has 0 bridgehead atoms. The van der Waals surface area contributed by atoms with Crippen LogP contribution in [0.1, 0.15) is 33.1 Å². The Balaban J connectivity index is 2.16. The van der Waals surface area contributed by atoms with Crippen LogP contribution < -0.4 is 5.32 Å². The van der Waals surface area contributed by atoms with Crippen molar-refractivity contribution in [1.82, 2.24) is 15.1 Å². The molecule has 1 atom stereocenters. The maximum atomic E-state index is 3.45. The predicted molar refractivity (Wildman–Crippen MR) is 70.9 cm³/mol. The highest BCUT2D eigenvalue weighted by atomic mass is 15.2. The Morgan fingerprint density at radius 1 is 1.31 bits per heavy atom. The highest BCUT2D eigenvalue weighted by molar-refractivity contribution is 4.69. The highest BCUT2D eigenvalue weighted by Crippen LogP contribution is 2.04. The number of rotatable bonds is 6. The molecule has 0 aromatic carbocycles. The molecule has 3 heteroatoms. The summed E-state index contributed by atoms with van der Waals surface area (Å²) in [6, 6.07) is 0.732. The molecule has 1 fully saturated rings. The van der Waals surface area contributed by atoms with E-state index in [0.29, 0.717) is 0 Å². The molecule has 0 radical (unpaired) electrons. The van der Waals surface area contributed by atoms with Crippen LogP contribution in [0.3, 0.4) is 0 Å². The van der Waals surface area contributed by atoms with Gasteiger partial charge in [0.1, 0.15) is 0 Å². The minimum atomic E-state index is 0.732. The molecular formula is C13H29N3. The van der Waals surface area contributed by atoms with Gasteiger partial charge in [-0.3, -0.25) is 0 Å². The first-order valence-corrected chi connectivity index (χ1v) is 6.87. The fourth-order valence-electron chi connectivity index (χ4n) is 2.28. The van der Waals surface area contributed by atoms with E-state index >= 15 is 0 Å². The molecule has 0 spiro atoms. The van der Waals surface area contributed by atoms with Gasteiger partial charge >= 0.3 is 0 Å². The molecule has 3 nitrogen and oxygen atoms in total. The number of hydrogen-bond acceptors (Lipinski definition) is 3. The average molecular weight is 227 g/mol. The molecule has 0 aromatic rings. The Morgan fingerprint density at radius 2 is 2.12 bits per heavy atom. The van der Waals surface area contributed by atoms with E-state index in [1.54, 1.807) is 0 Å². The number of nitrogens with one attached hydrogen (secondary N) is 1. The molecule has 0 saturated carbocycles. The molecule has 1 heterocycles. The summed E-state index contributed by atoms with van der Waals surface area (Å²) in [6.45, 7) is 11.9. The van der Waals surface area contributed by atoms with Crippen molar-refractivity contribution in [3.8, 4) is 0 Å². The molecule has 1 saturated heterocycles. The van der Waals surface area contributed by atoms with Crippen LogP contribution in [0.2, 0.25) is 0 Å². The third-order valence-electron chi connectivity index (χ3n) is 3.66. The molecule has 16 heavy (non-hydrogen) atoms. The van der Waals surface area contributed by atoms with Crippen molar-refractivity contribution in [2.24, 2.45) is 0 Å². The van der Waals surface area contributed by atoms with Crippen LogP contribution in [-0.4, -0.2) is 62.2 Å². The van der Waals surface area contributed by atoms with Gasteiger partial charge in [0.15, 0.2) is 0 Å². The van der Waals surface area contributed by atoms with E-state index in [-0.39, 0.29) is 0 Å². The van der Waals surface area contributed by atoms with Crippen LogP contribution in [0.5, 0.6) is 0 Å². The Labute approximate surface area is 101 Å². The number of likely N-dealkylation sites (N-methyl/N-ethyl adjacent to an activating group) is 1. The van der Waals surface area contributed by atoms with Crippen molar-refractivity contribution < 1.29 is 0 Å². The first kappa shape index (κ1) is 13.9. The normalized spacial score (nSPS) is 21.0. The van der Waals surface area contributed by atoms with Gasteiger partial charge in [-0.1, -0.05) is 13.3 Å². The minimum Gasteiger partial charge on any atom is -0.315 e. The third kappa shape index (κ3) is 5.28. The largest absolute Gasteiger partial charge is 0.315 e. The van der Waals surface area contributed by atoms with Crippen molar-refractivity contribution in [3.05, 3.63) is 0 Å². The lowest BCUT2D eigenvalue weighted by Gasteiger charge is -2.28. The standard InChI is InChI=1S/C13H29N3/c1-4-6-13(2)15(3)11-12-16-9-5-7-14-8-10-16/h13-14H,4-12H2,1-3H3. The lowest BCUT2D eigenvalue weighted by atomic mass is 10.2. The quantitative estimate of drug-likeness (QED) is 0.740. The van der Waals surface area contributed by atoms with Crippen molar-refractivity contribution in [2.75, 3.05) is 46.3 Å². The van der Waals surface area contributed by atoms with E-state index in [9.17, 15) is 0 Å². The summed E-state index contributed by atoms with van der Waals surface area (Å²) in [5, 5.41) is 3.45. The predicted octanol–water partition coefficient (Wildman–Crippen LogP) is 1.40. The van der Waals surface area contributed by atoms with Crippen LogP contribution in [-0.2, 0) is 0 Å². The highest BCUT2D eigenvalue weighted by Gasteiger charge is 2.11. The molecule has 96 valence electrons. The van der Waals surface area contributed by atoms with Gasteiger partial charge in [-0.05, 0) is 39.9 Å². The van der Waals surface area contributed by atoms with Crippen LogP contribution in [0.25, 0.3) is 0 Å². The zero-order valence-electron chi connectivity index (χ0n) is 11.3. The molecule has 0 aliphatic carbocycles. The molecule has 0 amide bonds. The summed E-state index contributed by atoms with van der Waals surface area (Å²) in [6.07, 6.45) is 3.91. The second-order valence-electron chi connectivity index (χ2n) is 5.06. The minimum absolute atomic E-state index is 0.732. The lowest BCUT2D eigenvalue weighted by Crippen LogP contribution is -2.38. The van der Waals surface area contributed by atoms with Gasteiger partial charge in [0.2, 0.25) is 0 Å².